The van der Waals surface area contributed by atoms with Gasteiger partial charge in [0, 0.05) is 20.3 Å². The molecular formula is C13H20N4O4. The van der Waals surface area contributed by atoms with Crippen molar-refractivity contribution in [1.29, 1.82) is 0 Å². The summed E-state index contributed by atoms with van der Waals surface area (Å²) < 4.78 is 9.83. The molecule has 1 amide bonds. The monoisotopic (exact) mass is 296 g/mol. The van der Waals surface area contributed by atoms with E-state index in [9.17, 15) is 9.59 Å². The molecule has 1 aromatic heterocycles. The Labute approximate surface area is 123 Å². The maximum atomic E-state index is 12.0. The highest BCUT2D eigenvalue weighted by molar-refractivity contribution is 6.09. The van der Waals surface area contributed by atoms with Crippen LogP contribution in [0.2, 0.25) is 0 Å². The number of anilines is 2. The summed E-state index contributed by atoms with van der Waals surface area (Å²) >= 11 is 0. The highest BCUT2D eigenvalue weighted by atomic mass is 16.5. The Kier molecular flexibility index (Phi) is 5.92. The van der Waals surface area contributed by atoms with Crippen LogP contribution in [0, 0.1) is 0 Å². The average Bonchev–Trinajstić information content (AvgIpc) is 2.46. The lowest BCUT2D eigenvalue weighted by Gasteiger charge is -2.20. The van der Waals surface area contributed by atoms with Crippen molar-refractivity contribution in [3.8, 4) is 5.88 Å². The third-order valence-electron chi connectivity index (χ3n) is 2.64. The van der Waals surface area contributed by atoms with Crippen molar-refractivity contribution in [1.82, 2.24) is 4.98 Å². The fourth-order valence-electron chi connectivity index (χ4n) is 1.62. The van der Waals surface area contributed by atoms with Gasteiger partial charge in [-0.3, -0.25) is 4.79 Å². The van der Waals surface area contributed by atoms with Gasteiger partial charge in [0.1, 0.15) is 5.69 Å². The van der Waals surface area contributed by atoms with E-state index in [0.29, 0.717) is 11.4 Å². The van der Waals surface area contributed by atoms with Gasteiger partial charge in [-0.2, -0.15) is 0 Å². The van der Waals surface area contributed by atoms with Crippen molar-refractivity contribution in [2.75, 3.05) is 38.0 Å². The Hall–Kier alpha value is -2.35. The van der Waals surface area contributed by atoms with Gasteiger partial charge in [-0.1, -0.05) is 0 Å². The number of carbonyl (C=O) groups excluding carboxylic acids is 2. The summed E-state index contributed by atoms with van der Waals surface area (Å²) in [5.74, 6) is -1.25. The second-order valence-corrected chi connectivity index (χ2v) is 4.33. The predicted octanol–water partition coefficient (Wildman–Crippen LogP) is -0.0149. The molecule has 8 heteroatoms. The lowest BCUT2D eigenvalue weighted by molar-refractivity contribution is -0.146. The van der Waals surface area contributed by atoms with E-state index in [4.69, 9.17) is 15.2 Å². The summed E-state index contributed by atoms with van der Waals surface area (Å²) in [6.07, 6.45) is 1.55. The van der Waals surface area contributed by atoms with E-state index in [0.717, 1.165) is 0 Å². The molecule has 0 saturated carbocycles. The number of hydrogen-bond donors (Lipinski definition) is 2. The lowest BCUT2D eigenvalue weighted by Crippen LogP contribution is -2.43. The quantitative estimate of drug-likeness (QED) is 0.561. The highest BCUT2D eigenvalue weighted by Gasteiger charge is 2.25. The van der Waals surface area contributed by atoms with E-state index in [1.807, 2.05) is 0 Å². The maximum absolute atomic E-state index is 12.0. The molecule has 1 atom stereocenters. The minimum Gasteiger partial charge on any atom is -0.479 e. The first-order valence-corrected chi connectivity index (χ1v) is 6.35. The smallest absolute Gasteiger partial charge is 0.332 e. The normalized spacial score (nSPS) is 11.5. The van der Waals surface area contributed by atoms with Gasteiger partial charge < -0.3 is 25.4 Å². The van der Waals surface area contributed by atoms with Gasteiger partial charge in [0.05, 0.1) is 19.4 Å². The fourth-order valence-corrected chi connectivity index (χ4v) is 1.62. The maximum Gasteiger partial charge on any atom is 0.332 e. The SMILES string of the molecule is CCOC(=O)C(N)C(=O)Nc1c(N(C)C)ccnc1OC. The number of carbonyl (C=O) groups is 2. The van der Waals surface area contributed by atoms with E-state index < -0.39 is 17.9 Å². The van der Waals surface area contributed by atoms with E-state index >= 15 is 0 Å². The second kappa shape index (κ2) is 7.44. The summed E-state index contributed by atoms with van der Waals surface area (Å²) in [5, 5.41) is 2.56. The molecule has 0 saturated heterocycles. The number of nitrogens with zero attached hydrogens (tertiary/aromatic N) is 2. The van der Waals surface area contributed by atoms with Crippen LogP contribution < -0.4 is 20.7 Å². The van der Waals surface area contributed by atoms with Crippen molar-refractivity contribution >= 4 is 23.3 Å². The van der Waals surface area contributed by atoms with Crippen LogP contribution in [0.1, 0.15) is 6.92 Å². The summed E-state index contributed by atoms with van der Waals surface area (Å²) in [4.78, 5) is 29.3. The number of aromatic nitrogens is 1. The molecule has 1 unspecified atom stereocenters. The Morgan fingerprint density at radius 3 is 2.67 bits per heavy atom. The van der Waals surface area contributed by atoms with Crippen LogP contribution in [-0.2, 0) is 14.3 Å². The minimum atomic E-state index is -1.41. The van der Waals surface area contributed by atoms with Gasteiger partial charge in [-0.25, -0.2) is 9.78 Å². The highest BCUT2D eigenvalue weighted by Crippen LogP contribution is 2.31. The number of nitrogens with one attached hydrogen (secondary N) is 1. The molecule has 116 valence electrons. The van der Waals surface area contributed by atoms with Crippen LogP contribution in [0.4, 0.5) is 11.4 Å². The largest absolute Gasteiger partial charge is 0.479 e. The molecule has 0 aliphatic rings. The molecule has 3 N–H and O–H groups in total. The van der Waals surface area contributed by atoms with Crippen LogP contribution in [0.15, 0.2) is 12.3 Å². The number of pyridine rings is 1. The van der Waals surface area contributed by atoms with Gasteiger partial charge in [0.2, 0.25) is 5.88 Å². The van der Waals surface area contributed by atoms with E-state index in [-0.39, 0.29) is 12.5 Å². The van der Waals surface area contributed by atoms with E-state index in [1.165, 1.54) is 7.11 Å². The van der Waals surface area contributed by atoms with Crippen molar-refractivity contribution < 1.29 is 19.1 Å². The molecule has 0 spiro atoms. The van der Waals surface area contributed by atoms with Gasteiger partial charge in [0.15, 0.2) is 6.04 Å². The molecule has 8 nitrogen and oxygen atoms in total. The second-order valence-electron chi connectivity index (χ2n) is 4.33. The Morgan fingerprint density at radius 1 is 1.48 bits per heavy atom. The van der Waals surface area contributed by atoms with Crippen molar-refractivity contribution in [2.24, 2.45) is 5.73 Å². The summed E-state index contributed by atoms with van der Waals surface area (Å²) in [5.41, 5.74) is 6.57. The number of amides is 1. The van der Waals surface area contributed by atoms with Gasteiger partial charge in [-0.15, -0.1) is 0 Å². The zero-order valence-electron chi connectivity index (χ0n) is 12.5. The third kappa shape index (κ3) is 4.06. The first-order valence-electron chi connectivity index (χ1n) is 6.35. The van der Waals surface area contributed by atoms with Crippen molar-refractivity contribution in [2.45, 2.75) is 13.0 Å². The van der Waals surface area contributed by atoms with Crippen LogP contribution in [0.5, 0.6) is 5.88 Å². The van der Waals surface area contributed by atoms with Gasteiger partial charge in [-0.05, 0) is 13.0 Å². The standard InChI is InChI=1S/C13H20N4O4/c1-5-21-13(19)9(14)11(18)16-10-8(17(2)3)6-7-15-12(10)20-4/h6-7,9H,5,14H2,1-4H3,(H,16,18). The van der Waals surface area contributed by atoms with E-state index in [2.05, 4.69) is 10.3 Å². The summed E-state index contributed by atoms with van der Waals surface area (Å²) in [6, 6.07) is 0.290. The van der Waals surface area contributed by atoms with Crippen LogP contribution in [0.3, 0.4) is 0 Å². The summed E-state index contributed by atoms with van der Waals surface area (Å²) in [7, 11) is 5.04. The number of nitrogens with two attached hydrogens (primary N) is 1. The molecule has 1 aromatic rings. The number of ether oxygens (including phenoxy) is 2. The van der Waals surface area contributed by atoms with E-state index in [1.54, 1.807) is 38.2 Å². The summed E-state index contributed by atoms with van der Waals surface area (Å²) in [6.45, 7) is 1.79. The third-order valence-corrected chi connectivity index (χ3v) is 2.64. The van der Waals surface area contributed by atoms with Crippen molar-refractivity contribution in [3.05, 3.63) is 12.3 Å². The molecule has 0 fully saturated rings. The minimum absolute atomic E-state index is 0.152. The van der Waals surface area contributed by atoms with Crippen LogP contribution >= 0.6 is 0 Å². The number of hydrogen-bond acceptors (Lipinski definition) is 7. The van der Waals surface area contributed by atoms with Gasteiger partial charge >= 0.3 is 5.97 Å². The molecule has 1 heterocycles. The molecule has 0 aromatic carbocycles. The van der Waals surface area contributed by atoms with Crippen LogP contribution in [-0.4, -0.2) is 50.7 Å². The topological polar surface area (TPSA) is 107 Å². The number of methoxy groups -OCH3 is 1. The molecule has 0 aliphatic heterocycles. The average molecular weight is 296 g/mol. The van der Waals surface area contributed by atoms with Crippen LogP contribution in [0.25, 0.3) is 0 Å². The number of esters is 1. The molecular weight excluding hydrogens is 276 g/mol. The molecule has 0 radical (unpaired) electrons. The Balaban J connectivity index is 3.01. The van der Waals surface area contributed by atoms with Crippen molar-refractivity contribution in [3.63, 3.8) is 0 Å². The Bertz CT molecular complexity index is 519. The molecule has 21 heavy (non-hydrogen) atoms. The van der Waals surface area contributed by atoms with Gasteiger partial charge in [0.25, 0.3) is 5.91 Å². The first kappa shape index (κ1) is 16.7. The zero-order chi connectivity index (χ0) is 16.0. The Morgan fingerprint density at radius 2 is 2.14 bits per heavy atom. The molecule has 0 aliphatic carbocycles. The lowest BCUT2D eigenvalue weighted by atomic mass is 10.2. The molecule has 1 rings (SSSR count). The number of rotatable bonds is 6. The predicted molar refractivity (Wildman–Crippen MR) is 78.4 cm³/mol. The fraction of sp³-hybridized carbons (Fsp3) is 0.462. The molecule has 0 bridgehead atoms. The zero-order valence-corrected chi connectivity index (χ0v) is 12.5. The first-order chi connectivity index (χ1) is 9.92.